The molecule has 0 amide bonds. The summed E-state index contributed by atoms with van der Waals surface area (Å²) in [6.45, 7) is 8.39. The van der Waals surface area contributed by atoms with Crippen LogP contribution >= 0.6 is 0 Å². The van der Waals surface area contributed by atoms with Crippen molar-refractivity contribution >= 4 is 34.1 Å². The Morgan fingerprint density at radius 1 is 0.455 bits per heavy atom. The molecular formula is C20H24N8O16. The minimum atomic E-state index is -1.46. The van der Waals surface area contributed by atoms with E-state index in [-0.39, 0.29) is 0 Å². The quantitative estimate of drug-likeness (QED) is 0.260. The van der Waals surface area contributed by atoms with Gasteiger partial charge in [0.15, 0.2) is 0 Å². The first-order valence-electron chi connectivity index (χ1n) is 12.0. The lowest BCUT2D eigenvalue weighted by atomic mass is 10.2. The highest BCUT2D eigenvalue weighted by Gasteiger charge is 2.25. The van der Waals surface area contributed by atoms with E-state index in [1.54, 1.807) is 0 Å². The normalized spacial score (nSPS) is 13.6. The van der Waals surface area contributed by atoms with Gasteiger partial charge in [0, 0.05) is 0 Å². The lowest BCUT2D eigenvalue weighted by Crippen LogP contribution is -2.87. The van der Waals surface area contributed by atoms with Crippen LogP contribution in [0.15, 0.2) is 24.3 Å². The zero-order valence-electron chi connectivity index (χ0n) is 22.3. The molecule has 0 aliphatic carbocycles. The van der Waals surface area contributed by atoms with E-state index in [4.69, 9.17) is 9.47 Å². The fourth-order valence-electron chi connectivity index (χ4n) is 3.08. The summed E-state index contributed by atoms with van der Waals surface area (Å²) in [5, 5.41) is 88.7. The van der Waals surface area contributed by atoms with Crippen molar-refractivity contribution in [2.75, 3.05) is 52.6 Å². The molecule has 2 aromatic carbocycles. The molecule has 0 saturated carbocycles. The van der Waals surface area contributed by atoms with Gasteiger partial charge in [-0.15, -0.1) is 0 Å². The Kier molecular flexibility index (Phi) is 14.8. The number of nitro benzene ring substituents is 6. The topological polar surface area (TPSA) is 357 Å². The fraction of sp³-hybridized carbons (Fsp3) is 0.400. The summed E-state index contributed by atoms with van der Waals surface area (Å²) in [6, 6.07) is 1.54. The number of rotatable bonds is 6. The Balaban J connectivity index is 0.000000321. The number of quaternary nitrogens is 2. The Morgan fingerprint density at radius 3 is 0.795 bits per heavy atom. The van der Waals surface area contributed by atoms with E-state index in [9.17, 15) is 70.9 Å². The number of non-ortho nitro benzene ring substituents is 2. The highest BCUT2D eigenvalue weighted by atomic mass is 16.7. The standard InChI is InChI=1S/2C6H3N3O7.2C4H9NO/c2*10-6-4(8(13)14)1-3(7(11)12)2-5(6)9(15)16;2*1-3-6-4-2-5-1/h2*1-2,10H;2*5H,1-4H2. The molecule has 4 rings (SSSR count). The molecule has 2 heterocycles. The van der Waals surface area contributed by atoms with Crippen LogP contribution < -0.4 is 20.8 Å². The zero-order chi connectivity index (χ0) is 33.4. The van der Waals surface area contributed by atoms with E-state index in [1.165, 1.54) is 0 Å². The summed E-state index contributed by atoms with van der Waals surface area (Å²) in [4.78, 5) is 55.0. The Labute approximate surface area is 243 Å². The number of morpholine rings is 2. The van der Waals surface area contributed by atoms with E-state index >= 15 is 0 Å². The van der Waals surface area contributed by atoms with Gasteiger partial charge in [0.05, 0.1) is 118 Å². The van der Waals surface area contributed by atoms with Gasteiger partial charge in [-0.25, -0.2) is 0 Å². The maximum atomic E-state index is 11.1. The van der Waals surface area contributed by atoms with Crippen molar-refractivity contribution in [2.24, 2.45) is 0 Å². The highest BCUT2D eigenvalue weighted by molar-refractivity contribution is 5.64. The van der Waals surface area contributed by atoms with Gasteiger partial charge in [0.1, 0.15) is 0 Å². The minimum Gasteiger partial charge on any atom is -0.863 e. The first-order chi connectivity index (χ1) is 20.7. The van der Waals surface area contributed by atoms with E-state index in [1.807, 2.05) is 0 Å². The smallest absolute Gasteiger partial charge is 0.283 e. The molecule has 0 spiro atoms. The average molecular weight is 632 g/mol. The maximum absolute atomic E-state index is 11.1. The third-order valence-corrected chi connectivity index (χ3v) is 5.14. The monoisotopic (exact) mass is 632 g/mol. The molecule has 2 saturated heterocycles. The SMILES string of the molecule is C1COCC[NH2+]1.C1COCC[NH2+]1.O=[N+]([O-])c1cc([N+](=O)[O-])c([O-])c([N+](=O)[O-])c1.O=[N+]([O-])c1cc([N+](=O)[O-])c([O-])c([N+](=O)[O-])c1. The van der Waals surface area contributed by atoms with Crippen LogP contribution in [-0.2, 0) is 9.47 Å². The van der Waals surface area contributed by atoms with Gasteiger partial charge in [-0.05, 0) is 0 Å². The number of nitrogens with two attached hydrogens (primary N) is 2. The Hall–Kier alpha value is -5.72. The second kappa shape index (κ2) is 18.0. The van der Waals surface area contributed by atoms with Crippen molar-refractivity contribution in [1.29, 1.82) is 0 Å². The Morgan fingerprint density at radius 2 is 0.682 bits per heavy atom. The molecule has 0 atom stereocenters. The molecule has 240 valence electrons. The number of nitro groups is 6. The van der Waals surface area contributed by atoms with Gasteiger partial charge < -0.3 is 30.3 Å². The van der Waals surface area contributed by atoms with E-state index in [0.717, 1.165) is 52.6 Å². The summed E-state index contributed by atoms with van der Waals surface area (Å²) in [5.41, 5.74) is -6.53. The van der Waals surface area contributed by atoms with Crippen molar-refractivity contribution in [1.82, 2.24) is 0 Å². The molecule has 0 radical (unpaired) electrons. The van der Waals surface area contributed by atoms with Crippen molar-refractivity contribution in [3.63, 3.8) is 0 Å². The fourth-order valence-corrected chi connectivity index (χ4v) is 3.08. The maximum Gasteiger partial charge on any atom is 0.283 e. The second-order valence-corrected chi connectivity index (χ2v) is 8.13. The molecule has 2 fully saturated rings. The molecule has 44 heavy (non-hydrogen) atoms. The van der Waals surface area contributed by atoms with E-state index in [0.29, 0.717) is 24.3 Å². The minimum absolute atomic E-state index is 0.384. The molecule has 0 aromatic heterocycles. The van der Waals surface area contributed by atoms with Gasteiger partial charge >= 0.3 is 0 Å². The largest absolute Gasteiger partial charge is 0.863 e. The van der Waals surface area contributed by atoms with Crippen LogP contribution in [0.2, 0.25) is 0 Å². The van der Waals surface area contributed by atoms with Crippen LogP contribution in [0.4, 0.5) is 34.1 Å². The van der Waals surface area contributed by atoms with Gasteiger partial charge in [-0.3, -0.25) is 60.7 Å². The lowest BCUT2D eigenvalue weighted by Gasteiger charge is -2.07. The molecule has 4 N–H and O–H groups in total. The number of nitrogens with zero attached hydrogens (tertiary/aromatic N) is 6. The average Bonchev–Trinajstić information content (AvgIpc) is 2.99. The molecule has 24 nitrogen and oxygen atoms in total. The molecule has 2 aromatic rings. The number of hydrogen-bond donors (Lipinski definition) is 2. The summed E-state index contributed by atoms with van der Waals surface area (Å²) in [5.74, 6) is -2.92. The highest BCUT2D eigenvalue weighted by Crippen LogP contribution is 2.37. The molecule has 24 heteroatoms. The number of hydrogen-bond acceptors (Lipinski definition) is 16. The van der Waals surface area contributed by atoms with Crippen LogP contribution in [0.5, 0.6) is 11.5 Å². The molecule has 2 aliphatic heterocycles. The van der Waals surface area contributed by atoms with E-state index < -0.39 is 75.2 Å². The summed E-state index contributed by atoms with van der Waals surface area (Å²) >= 11 is 0. The van der Waals surface area contributed by atoms with Gasteiger partial charge in [-0.2, -0.15) is 0 Å². The van der Waals surface area contributed by atoms with Crippen molar-refractivity contribution in [3.8, 4) is 11.5 Å². The van der Waals surface area contributed by atoms with Gasteiger partial charge in [0.2, 0.25) is 0 Å². The molecule has 0 bridgehead atoms. The summed E-state index contributed by atoms with van der Waals surface area (Å²) in [6.07, 6.45) is 0. The van der Waals surface area contributed by atoms with Crippen LogP contribution in [0.1, 0.15) is 0 Å². The molecule has 0 unspecified atom stereocenters. The van der Waals surface area contributed by atoms with Gasteiger partial charge in [0.25, 0.3) is 34.1 Å². The Bertz CT molecular complexity index is 1180. The van der Waals surface area contributed by atoms with Crippen LogP contribution in [-0.4, -0.2) is 82.1 Å². The zero-order valence-corrected chi connectivity index (χ0v) is 22.3. The lowest BCUT2D eigenvalue weighted by molar-refractivity contribution is -0.670. The number of benzene rings is 2. The van der Waals surface area contributed by atoms with Crippen LogP contribution in [0, 0.1) is 60.7 Å². The van der Waals surface area contributed by atoms with Crippen molar-refractivity contribution < 1.29 is 59.9 Å². The number of ether oxygens (including phenoxy) is 2. The third-order valence-electron chi connectivity index (χ3n) is 5.14. The summed E-state index contributed by atoms with van der Waals surface area (Å²) in [7, 11) is 0. The second-order valence-electron chi connectivity index (χ2n) is 8.13. The summed E-state index contributed by atoms with van der Waals surface area (Å²) < 4.78 is 10.1. The van der Waals surface area contributed by atoms with Crippen molar-refractivity contribution in [2.45, 2.75) is 0 Å². The first-order valence-corrected chi connectivity index (χ1v) is 12.0. The molecular weight excluding hydrogens is 608 g/mol. The van der Waals surface area contributed by atoms with Crippen LogP contribution in [0.3, 0.4) is 0 Å². The van der Waals surface area contributed by atoms with Crippen molar-refractivity contribution in [3.05, 3.63) is 85.0 Å². The molecule has 2 aliphatic rings. The third kappa shape index (κ3) is 11.6. The predicted octanol–water partition coefficient (Wildman–Crippen LogP) is -1.87. The van der Waals surface area contributed by atoms with E-state index in [2.05, 4.69) is 10.6 Å². The van der Waals surface area contributed by atoms with Gasteiger partial charge in [-0.1, -0.05) is 0 Å². The van der Waals surface area contributed by atoms with Crippen LogP contribution in [0.25, 0.3) is 0 Å². The first kappa shape index (κ1) is 36.3. The predicted molar refractivity (Wildman–Crippen MR) is 137 cm³/mol.